The number of amides is 4. The number of urea groups is 1. The van der Waals surface area contributed by atoms with Gasteiger partial charge in [0, 0.05) is 24.6 Å². The Labute approximate surface area is 164 Å². The normalized spacial score (nSPS) is 14.8. The van der Waals surface area contributed by atoms with E-state index in [-0.39, 0.29) is 30.4 Å². The summed E-state index contributed by atoms with van der Waals surface area (Å²) in [7, 11) is 0. The summed E-state index contributed by atoms with van der Waals surface area (Å²) in [5.41, 5.74) is 2.77. The number of hydrogen-bond donors (Lipinski definition) is 2. The Morgan fingerprint density at radius 1 is 0.964 bits per heavy atom. The first-order valence-corrected chi connectivity index (χ1v) is 9.55. The highest BCUT2D eigenvalue weighted by Crippen LogP contribution is 2.17. The molecule has 1 aliphatic rings. The number of hydrogen-bond acceptors (Lipinski definition) is 3. The molecule has 0 bridgehead atoms. The summed E-state index contributed by atoms with van der Waals surface area (Å²) in [4.78, 5) is 36.8. The molecule has 146 valence electrons. The van der Waals surface area contributed by atoms with Crippen LogP contribution in [-0.4, -0.2) is 28.8 Å². The monoisotopic (exact) mass is 379 g/mol. The van der Waals surface area contributed by atoms with Gasteiger partial charge in [-0.25, -0.2) is 4.79 Å². The molecular formula is C22H25N3O3. The van der Waals surface area contributed by atoms with Crippen LogP contribution in [0.4, 0.5) is 10.5 Å². The lowest BCUT2D eigenvalue weighted by molar-refractivity contribution is -0.139. The third-order valence-corrected chi connectivity index (χ3v) is 4.79. The summed E-state index contributed by atoms with van der Waals surface area (Å²) in [6.07, 6.45) is 2.35. The van der Waals surface area contributed by atoms with Crippen molar-refractivity contribution in [3.63, 3.8) is 0 Å². The third-order valence-electron chi connectivity index (χ3n) is 4.79. The number of aryl methyl sites for hydroxylation is 1. The molecule has 1 atom stereocenters. The van der Waals surface area contributed by atoms with Crippen LogP contribution in [0.15, 0.2) is 54.6 Å². The van der Waals surface area contributed by atoms with E-state index in [2.05, 4.69) is 22.8 Å². The van der Waals surface area contributed by atoms with E-state index in [0.29, 0.717) is 18.5 Å². The number of nitrogens with one attached hydrogen (secondary N) is 2. The lowest BCUT2D eigenvalue weighted by atomic mass is 10.1. The average molecular weight is 379 g/mol. The van der Waals surface area contributed by atoms with Crippen LogP contribution in [-0.2, 0) is 22.6 Å². The fraction of sp³-hybridized carbons (Fsp3) is 0.318. The van der Waals surface area contributed by atoms with E-state index in [9.17, 15) is 14.4 Å². The Balaban J connectivity index is 1.45. The van der Waals surface area contributed by atoms with E-state index in [0.717, 1.165) is 18.4 Å². The van der Waals surface area contributed by atoms with Gasteiger partial charge in [-0.3, -0.25) is 14.5 Å². The zero-order valence-electron chi connectivity index (χ0n) is 16.0. The van der Waals surface area contributed by atoms with Crippen molar-refractivity contribution in [2.45, 2.75) is 45.2 Å². The molecule has 1 heterocycles. The molecule has 28 heavy (non-hydrogen) atoms. The zero-order valence-corrected chi connectivity index (χ0v) is 16.0. The molecule has 0 aromatic heterocycles. The standard InChI is InChI=1S/C22H25N3O3/c1-16(7-8-17-5-3-2-4-6-17)23-22(28)24-19-11-9-18(10-12-19)15-25-20(26)13-14-21(25)27/h2-6,9-12,16H,7-8,13-15H2,1H3,(H2,23,24,28)/t16-/m1/s1. The van der Waals surface area contributed by atoms with E-state index in [4.69, 9.17) is 0 Å². The molecule has 0 saturated carbocycles. The van der Waals surface area contributed by atoms with E-state index in [1.807, 2.05) is 37.3 Å². The van der Waals surface area contributed by atoms with Gasteiger partial charge in [-0.05, 0) is 43.0 Å². The minimum atomic E-state index is -0.252. The Kier molecular flexibility index (Phi) is 6.42. The van der Waals surface area contributed by atoms with Gasteiger partial charge < -0.3 is 10.6 Å². The Bertz CT molecular complexity index is 818. The molecule has 6 nitrogen and oxygen atoms in total. The minimum absolute atomic E-state index is 0.0478. The van der Waals surface area contributed by atoms with Gasteiger partial charge in [-0.15, -0.1) is 0 Å². The molecule has 0 aliphatic carbocycles. The SMILES string of the molecule is C[C@H](CCc1ccccc1)NC(=O)Nc1ccc(CN2C(=O)CCC2=O)cc1. The molecule has 3 rings (SSSR count). The minimum Gasteiger partial charge on any atom is -0.335 e. The van der Waals surface area contributed by atoms with Gasteiger partial charge in [0.25, 0.3) is 0 Å². The fourth-order valence-electron chi connectivity index (χ4n) is 3.17. The number of nitrogens with zero attached hydrogens (tertiary/aromatic N) is 1. The zero-order chi connectivity index (χ0) is 19.9. The van der Waals surface area contributed by atoms with Crippen LogP contribution in [0.3, 0.4) is 0 Å². The molecule has 0 radical (unpaired) electrons. The van der Waals surface area contributed by atoms with E-state index in [1.165, 1.54) is 10.5 Å². The van der Waals surface area contributed by atoms with Gasteiger partial charge in [0.1, 0.15) is 0 Å². The number of carbonyl (C=O) groups excluding carboxylic acids is 3. The lowest BCUT2D eigenvalue weighted by Crippen LogP contribution is -2.36. The largest absolute Gasteiger partial charge is 0.335 e. The van der Waals surface area contributed by atoms with Crippen molar-refractivity contribution < 1.29 is 14.4 Å². The van der Waals surface area contributed by atoms with Gasteiger partial charge >= 0.3 is 6.03 Å². The molecule has 4 amide bonds. The molecule has 2 N–H and O–H groups in total. The quantitative estimate of drug-likeness (QED) is 0.723. The van der Waals surface area contributed by atoms with Crippen molar-refractivity contribution in [2.75, 3.05) is 5.32 Å². The number of carbonyl (C=O) groups is 3. The van der Waals surface area contributed by atoms with Crippen LogP contribution < -0.4 is 10.6 Å². The second-order valence-corrected chi connectivity index (χ2v) is 7.09. The topological polar surface area (TPSA) is 78.5 Å². The Hall–Kier alpha value is -3.15. The summed E-state index contributed by atoms with van der Waals surface area (Å²) in [6, 6.07) is 17.1. The molecular weight excluding hydrogens is 354 g/mol. The molecule has 2 aromatic carbocycles. The van der Waals surface area contributed by atoms with E-state index >= 15 is 0 Å². The predicted octanol–water partition coefficient (Wildman–Crippen LogP) is 3.48. The molecule has 1 saturated heterocycles. The van der Waals surface area contributed by atoms with Crippen LogP contribution >= 0.6 is 0 Å². The summed E-state index contributed by atoms with van der Waals surface area (Å²) in [6.45, 7) is 2.26. The first-order chi connectivity index (χ1) is 13.5. The van der Waals surface area contributed by atoms with Gasteiger partial charge in [0.2, 0.25) is 11.8 Å². The summed E-state index contributed by atoms with van der Waals surface area (Å²) < 4.78 is 0. The Morgan fingerprint density at radius 3 is 2.25 bits per heavy atom. The van der Waals surface area contributed by atoms with Crippen molar-refractivity contribution in [3.8, 4) is 0 Å². The first-order valence-electron chi connectivity index (χ1n) is 9.55. The van der Waals surface area contributed by atoms with Crippen molar-refractivity contribution in [2.24, 2.45) is 0 Å². The number of anilines is 1. The second-order valence-electron chi connectivity index (χ2n) is 7.09. The van der Waals surface area contributed by atoms with Crippen molar-refractivity contribution in [1.82, 2.24) is 10.2 Å². The Morgan fingerprint density at radius 2 is 1.61 bits per heavy atom. The number of rotatable bonds is 7. The van der Waals surface area contributed by atoms with Gasteiger partial charge in [-0.1, -0.05) is 42.5 Å². The van der Waals surface area contributed by atoms with Crippen molar-refractivity contribution in [1.29, 1.82) is 0 Å². The second kappa shape index (κ2) is 9.17. The molecule has 1 aliphatic heterocycles. The van der Waals surface area contributed by atoms with Gasteiger partial charge in [0.15, 0.2) is 0 Å². The highest BCUT2D eigenvalue weighted by molar-refractivity contribution is 6.01. The highest BCUT2D eigenvalue weighted by atomic mass is 16.2. The summed E-state index contributed by atoms with van der Waals surface area (Å²) in [5.74, 6) is -0.257. The maximum Gasteiger partial charge on any atom is 0.319 e. The predicted molar refractivity (Wildman–Crippen MR) is 108 cm³/mol. The smallest absolute Gasteiger partial charge is 0.319 e. The summed E-state index contributed by atoms with van der Waals surface area (Å²) >= 11 is 0. The van der Waals surface area contributed by atoms with Crippen molar-refractivity contribution >= 4 is 23.5 Å². The maximum atomic E-state index is 12.2. The summed E-state index contributed by atoms with van der Waals surface area (Å²) in [5, 5.41) is 5.75. The fourth-order valence-corrected chi connectivity index (χ4v) is 3.17. The molecule has 2 aromatic rings. The number of benzene rings is 2. The first kappa shape index (κ1) is 19.6. The van der Waals surface area contributed by atoms with Gasteiger partial charge in [-0.2, -0.15) is 0 Å². The third kappa shape index (κ3) is 5.42. The van der Waals surface area contributed by atoms with E-state index in [1.54, 1.807) is 12.1 Å². The molecule has 1 fully saturated rings. The highest BCUT2D eigenvalue weighted by Gasteiger charge is 2.28. The maximum absolute atomic E-state index is 12.2. The number of likely N-dealkylation sites (tertiary alicyclic amines) is 1. The number of imide groups is 1. The van der Waals surface area contributed by atoms with Crippen LogP contribution in [0.2, 0.25) is 0 Å². The van der Waals surface area contributed by atoms with E-state index < -0.39 is 0 Å². The lowest BCUT2D eigenvalue weighted by Gasteiger charge is -2.16. The van der Waals surface area contributed by atoms with Crippen LogP contribution in [0, 0.1) is 0 Å². The molecule has 0 spiro atoms. The van der Waals surface area contributed by atoms with Crippen LogP contribution in [0.25, 0.3) is 0 Å². The molecule has 0 unspecified atom stereocenters. The van der Waals surface area contributed by atoms with Gasteiger partial charge in [0.05, 0.1) is 6.54 Å². The van der Waals surface area contributed by atoms with Crippen molar-refractivity contribution in [3.05, 3.63) is 65.7 Å². The molecule has 6 heteroatoms. The van der Waals surface area contributed by atoms with Crippen LogP contribution in [0.1, 0.15) is 37.3 Å². The van der Waals surface area contributed by atoms with Crippen LogP contribution in [0.5, 0.6) is 0 Å². The average Bonchev–Trinajstić information content (AvgIpc) is 3.00.